The molecule has 1 heterocycles. The Labute approximate surface area is 113 Å². The lowest BCUT2D eigenvalue weighted by Gasteiger charge is -2.18. The van der Waals surface area contributed by atoms with E-state index in [0.29, 0.717) is 13.1 Å². The molecule has 19 heavy (non-hydrogen) atoms. The summed E-state index contributed by atoms with van der Waals surface area (Å²) in [6, 6.07) is 8.34. The van der Waals surface area contributed by atoms with E-state index < -0.39 is 0 Å². The Hall–Kier alpha value is -1.81. The Kier molecular flexibility index (Phi) is 4.58. The zero-order valence-electron chi connectivity index (χ0n) is 11.6. The molecule has 4 heteroatoms. The van der Waals surface area contributed by atoms with Gasteiger partial charge in [0.15, 0.2) is 0 Å². The van der Waals surface area contributed by atoms with Gasteiger partial charge in [0.25, 0.3) is 0 Å². The van der Waals surface area contributed by atoms with E-state index >= 15 is 0 Å². The van der Waals surface area contributed by atoms with Crippen LogP contribution in [0.3, 0.4) is 0 Å². The summed E-state index contributed by atoms with van der Waals surface area (Å²) < 4.78 is 0. The largest absolute Gasteiger partial charge is 0.361 e. The summed E-state index contributed by atoms with van der Waals surface area (Å²) in [5, 5.41) is 4.41. The van der Waals surface area contributed by atoms with E-state index in [4.69, 9.17) is 0 Å². The molecule has 102 valence electrons. The van der Waals surface area contributed by atoms with Crippen molar-refractivity contribution in [2.24, 2.45) is 0 Å². The first-order valence-electron chi connectivity index (χ1n) is 6.79. The molecule has 0 unspecified atom stereocenters. The Bertz CT molecular complexity index is 543. The summed E-state index contributed by atoms with van der Waals surface area (Å²) in [6.45, 7) is 6.65. The highest BCUT2D eigenvalue weighted by Gasteiger charge is 2.08. The molecule has 0 radical (unpaired) electrons. The maximum atomic E-state index is 11.8. The first-order chi connectivity index (χ1) is 9.24. The number of hydrogen-bond acceptors (Lipinski definition) is 2. The molecule has 0 aliphatic rings. The number of aromatic amines is 1. The zero-order chi connectivity index (χ0) is 13.7. The highest BCUT2D eigenvalue weighted by molar-refractivity contribution is 5.80. The van der Waals surface area contributed by atoms with Crippen molar-refractivity contribution in [1.29, 1.82) is 0 Å². The van der Waals surface area contributed by atoms with Gasteiger partial charge in [-0.25, -0.2) is 0 Å². The number of likely N-dealkylation sites (N-methyl/N-ethyl adjacent to an activating group) is 1. The number of carbonyl (C=O) groups is 1. The molecule has 1 aromatic heterocycles. The summed E-state index contributed by atoms with van der Waals surface area (Å²) >= 11 is 0. The third-order valence-electron chi connectivity index (χ3n) is 3.34. The van der Waals surface area contributed by atoms with Gasteiger partial charge in [-0.1, -0.05) is 6.07 Å². The minimum atomic E-state index is 0.160. The highest BCUT2D eigenvalue weighted by atomic mass is 16.2. The van der Waals surface area contributed by atoms with Crippen molar-refractivity contribution < 1.29 is 4.79 Å². The number of nitrogens with zero attached hydrogens (tertiary/aromatic N) is 1. The minimum absolute atomic E-state index is 0.160. The molecule has 1 aromatic carbocycles. The van der Waals surface area contributed by atoms with Crippen molar-refractivity contribution >= 4 is 16.8 Å². The molecule has 4 nitrogen and oxygen atoms in total. The Morgan fingerprint density at radius 3 is 2.79 bits per heavy atom. The van der Waals surface area contributed by atoms with Crippen LogP contribution >= 0.6 is 0 Å². The number of fused-ring (bicyclic) bond motifs is 1. The van der Waals surface area contributed by atoms with Crippen LogP contribution in [0.1, 0.15) is 19.4 Å². The SMILES string of the molecule is CCN(CC)C(=O)CNCc1ccc2[nH]ccc2c1. The minimum Gasteiger partial charge on any atom is -0.361 e. The first kappa shape index (κ1) is 13.6. The lowest BCUT2D eigenvalue weighted by atomic mass is 10.1. The maximum Gasteiger partial charge on any atom is 0.236 e. The summed E-state index contributed by atoms with van der Waals surface area (Å²) in [6.07, 6.45) is 1.94. The van der Waals surface area contributed by atoms with E-state index in [1.807, 2.05) is 24.9 Å². The van der Waals surface area contributed by atoms with Crippen molar-refractivity contribution in [3.05, 3.63) is 36.0 Å². The number of H-pyrrole nitrogens is 1. The smallest absolute Gasteiger partial charge is 0.236 e. The molecule has 1 amide bonds. The van der Waals surface area contributed by atoms with Gasteiger partial charge in [0.1, 0.15) is 0 Å². The third kappa shape index (κ3) is 3.35. The van der Waals surface area contributed by atoms with Gasteiger partial charge in [0.05, 0.1) is 6.54 Å². The number of rotatable bonds is 6. The Balaban J connectivity index is 1.86. The van der Waals surface area contributed by atoms with Crippen molar-refractivity contribution in [2.45, 2.75) is 20.4 Å². The molecular weight excluding hydrogens is 238 g/mol. The normalized spacial score (nSPS) is 10.8. The molecule has 2 aromatic rings. The average Bonchev–Trinajstić information content (AvgIpc) is 2.87. The van der Waals surface area contributed by atoms with Crippen molar-refractivity contribution in [2.75, 3.05) is 19.6 Å². The number of nitrogens with one attached hydrogen (secondary N) is 2. The highest BCUT2D eigenvalue weighted by Crippen LogP contribution is 2.13. The molecule has 0 atom stereocenters. The molecule has 0 fully saturated rings. The average molecular weight is 259 g/mol. The van der Waals surface area contributed by atoms with Crippen molar-refractivity contribution in [1.82, 2.24) is 15.2 Å². The zero-order valence-corrected chi connectivity index (χ0v) is 11.6. The van der Waals surface area contributed by atoms with Crippen LogP contribution < -0.4 is 5.32 Å². The molecule has 0 aliphatic carbocycles. The fraction of sp³-hybridized carbons (Fsp3) is 0.400. The molecule has 2 N–H and O–H groups in total. The number of carbonyl (C=O) groups excluding carboxylic acids is 1. The Morgan fingerprint density at radius 1 is 1.26 bits per heavy atom. The molecule has 0 spiro atoms. The van der Waals surface area contributed by atoms with Crippen LogP contribution in [0.5, 0.6) is 0 Å². The van der Waals surface area contributed by atoms with Gasteiger partial charge in [0.2, 0.25) is 5.91 Å². The van der Waals surface area contributed by atoms with Gasteiger partial charge < -0.3 is 15.2 Å². The molecule has 0 bridgehead atoms. The van der Waals surface area contributed by atoms with Crippen molar-refractivity contribution in [3.63, 3.8) is 0 Å². The van der Waals surface area contributed by atoms with Gasteiger partial charge in [0, 0.05) is 31.3 Å². The van der Waals surface area contributed by atoms with Crippen LogP contribution in [0, 0.1) is 0 Å². The number of benzene rings is 1. The number of amides is 1. The lowest BCUT2D eigenvalue weighted by Crippen LogP contribution is -2.37. The predicted octanol–water partition coefficient (Wildman–Crippen LogP) is 2.13. The van der Waals surface area contributed by atoms with Crippen molar-refractivity contribution in [3.8, 4) is 0 Å². The molecule has 0 aliphatic heterocycles. The van der Waals surface area contributed by atoms with Gasteiger partial charge in [-0.2, -0.15) is 0 Å². The van der Waals surface area contributed by atoms with Crippen LogP contribution in [0.2, 0.25) is 0 Å². The van der Waals surface area contributed by atoms with Crippen LogP contribution in [0.4, 0.5) is 0 Å². The van der Waals surface area contributed by atoms with Crippen LogP contribution in [0.15, 0.2) is 30.5 Å². The van der Waals surface area contributed by atoms with Gasteiger partial charge in [-0.05, 0) is 43.0 Å². The van der Waals surface area contributed by atoms with E-state index in [0.717, 1.165) is 18.6 Å². The second-order valence-electron chi connectivity index (χ2n) is 4.57. The molecular formula is C15H21N3O. The lowest BCUT2D eigenvalue weighted by molar-refractivity contribution is -0.129. The van der Waals surface area contributed by atoms with E-state index in [1.165, 1.54) is 10.9 Å². The molecule has 0 saturated carbocycles. The number of aromatic nitrogens is 1. The molecule has 2 rings (SSSR count). The van der Waals surface area contributed by atoms with E-state index in [1.54, 1.807) is 0 Å². The third-order valence-corrected chi connectivity index (χ3v) is 3.34. The van der Waals surface area contributed by atoms with Gasteiger partial charge in [-0.3, -0.25) is 4.79 Å². The second kappa shape index (κ2) is 6.38. The Morgan fingerprint density at radius 2 is 2.05 bits per heavy atom. The second-order valence-corrected chi connectivity index (χ2v) is 4.57. The van der Waals surface area contributed by atoms with E-state index in [-0.39, 0.29) is 5.91 Å². The van der Waals surface area contributed by atoms with Gasteiger partial charge >= 0.3 is 0 Å². The summed E-state index contributed by atoms with van der Waals surface area (Å²) in [5.74, 6) is 0.160. The topological polar surface area (TPSA) is 48.1 Å². The summed E-state index contributed by atoms with van der Waals surface area (Å²) in [7, 11) is 0. The molecule has 0 saturated heterocycles. The monoisotopic (exact) mass is 259 g/mol. The fourth-order valence-electron chi connectivity index (χ4n) is 2.21. The maximum absolute atomic E-state index is 11.8. The van der Waals surface area contributed by atoms with Crippen LogP contribution in [0.25, 0.3) is 10.9 Å². The number of hydrogen-bond donors (Lipinski definition) is 2. The van der Waals surface area contributed by atoms with Crippen LogP contribution in [-0.2, 0) is 11.3 Å². The summed E-state index contributed by atoms with van der Waals surface area (Å²) in [4.78, 5) is 16.8. The first-order valence-corrected chi connectivity index (χ1v) is 6.79. The quantitative estimate of drug-likeness (QED) is 0.835. The summed E-state index contributed by atoms with van der Waals surface area (Å²) in [5.41, 5.74) is 2.34. The van der Waals surface area contributed by atoms with Crippen LogP contribution in [-0.4, -0.2) is 35.4 Å². The van der Waals surface area contributed by atoms with Gasteiger partial charge in [-0.15, -0.1) is 0 Å². The predicted molar refractivity (Wildman–Crippen MR) is 77.9 cm³/mol. The van der Waals surface area contributed by atoms with E-state index in [2.05, 4.69) is 34.6 Å². The fourth-order valence-corrected chi connectivity index (χ4v) is 2.21. The standard InChI is InChI=1S/C15H21N3O/c1-3-18(4-2)15(19)11-16-10-12-5-6-14-13(9-12)7-8-17-14/h5-9,16-17H,3-4,10-11H2,1-2H3. The van der Waals surface area contributed by atoms with E-state index in [9.17, 15) is 4.79 Å².